The summed E-state index contributed by atoms with van der Waals surface area (Å²) in [6.45, 7) is 5.70. The first-order chi connectivity index (χ1) is 8.72. The second kappa shape index (κ2) is 6.14. The van der Waals surface area contributed by atoms with Crippen LogP contribution >= 0.6 is 0 Å². The predicted octanol–water partition coefficient (Wildman–Crippen LogP) is 2.63. The van der Waals surface area contributed by atoms with Crippen LogP contribution in [0.3, 0.4) is 0 Å². The van der Waals surface area contributed by atoms with Gasteiger partial charge in [-0.15, -0.1) is 0 Å². The number of anilines is 1. The van der Waals surface area contributed by atoms with Gasteiger partial charge in [0.25, 0.3) is 0 Å². The van der Waals surface area contributed by atoms with E-state index >= 15 is 0 Å². The lowest BCUT2D eigenvalue weighted by molar-refractivity contribution is 0.670. The van der Waals surface area contributed by atoms with Crippen molar-refractivity contribution in [3.63, 3.8) is 0 Å². The van der Waals surface area contributed by atoms with Gasteiger partial charge in [-0.05, 0) is 12.8 Å². The highest BCUT2D eigenvalue weighted by Gasteiger charge is 2.22. The normalized spacial score (nSPS) is 16.4. The summed E-state index contributed by atoms with van der Waals surface area (Å²) >= 11 is 0. The molecule has 0 atom stereocenters. The molecule has 1 fully saturated rings. The molecule has 0 unspecified atom stereocenters. The zero-order valence-corrected chi connectivity index (χ0v) is 11.4. The van der Waals surface area contributed by atoms with Crippen LogP contribution in [0.2, 0.25) is 0 Å². The molecule has 4 nitrogen and oxygen atoms in total. The van der Waals surface area contributed by atoms with Crippen molar-refractivity contribution in [1.82, 2.24) is 9.97 Å². The van der Waals surface area contributed by atoms with Gasteiger partial charge < -0.3 is 11.1 Å². The number of hydrogen-bond acceptors (Lipinski definition) is 4. The van der Waals surface area contributed by atoms with Crippen molar-refractivity contribution < 1.29 is 0 Å². The Bertz CT molecular complexity index is 383. The van der Waals surface area contributed by atoms with Gasteiger partial charge in [-0.3, -0.25) is 0 Å². The molecule has 0 aromatic carbocycles. The minimum Gasteiger partial charge on any atom is -0.381 e. The number of rotatable bonds is 5. The average Bonchev–Trinajstić information content (AvgIpc) is 2.89. The van der Waals surface area contributed by atoms with Crippen molar-refractivity contribution >= 4 is 5.69 Å². The van der Waals surface area contributed by atoms with Crippen LogP contribution < -0.4 is 11.1 Å². The molecule has 2 rings (SSSR count). The Hall–Kier alpha value is -1.16. The van der Waals surface area contributed by atoms with E-state index in [0.717, 1.165) is 18.1 Å². The highest BCUT2D eigenvalue weighted by atomic mass is 15.0. The molecule has 4 heteroatoms. The second-order valence-corrected chi connectivity index (χ2v) is 5.38. The maximum atomic E-state index is 5.55. The molecule has 1 aliphatic carbocycles. The van der Waals surface area contributed by atoms with Crippen LogP contribution in [-0.4, -0.2) is 23.1 Å². The van der Waals surface area contributed by atoms with Crippen molar-refractivity contribution in [2.24, 2.45) is 5.73 Å². The smallest absolute Gasteiger partial charge is 0.131 e. The third-order valence-corrected chi connectivity index (χ3v) is 3.55. The lowest BCUT2D eigenvalue weighted by atomic mass is 10.0. The topological polar surface area (TPSA) is 63.8 Å². The van der Waals surface area contributed by atoms with Crippen LogP contribution in [0.1, 0.15) is 62.9 Å². The number of nitrogens with one attached hydrogen (secondary N) is 1. The molecule has 3 N–H and O–H groups in total. The van der Waals surface area contributed by atoms with Crippen molar-refractivity contribution in [1.29, 1.82) is 0 Å². The van der Waals surface area contributed by atoms with E-state index in [0.29, 0.717) is 18.4 Å². The van der Waals surface area contributed by atoms with E-state index in [9.17, 15) is 0 Å². The van der Waals surface area contributed by atoms with Crippen molar-refractivity contribution in [3.8, 4) is 0 Å². The van der Waals surface area contributed by atoms with Crippen LogP contribution in [0.5, 0.6) is 0 Å². The van der Waals surface area contributed by atoms with E-state index in [2.05, 4.69) is 24.1 Å². The standard InChI is InChI=1S/C14H24N4/c1-10(2)14-17-9-12(16-8-7-15)13(18-14)11-5-3-4-6-11/h9-11,16H,3-8,15H2,1-2H3. The zero-order valence-electron chi connectivity index (χ0n) is 11.4. The average molecular weight is 248 g/mol. The van der Waals surface area contributed by atoms with Gasteiger partial charge in [-0.25, -0.2) is 9.97 Å². The Labute approximate surface area is 109 Å². The SMILES string of the molecule is CC(C)c1ncc(NCCN)c(C2CCCC2)n1. The zero-order chi connectivity index (χ0) is 13.0. The van der Waals surface area contributed by atoms with Crippen LogP contribution in [-0.2, 0) is 0 Å². The second-order valence-electron chi connectivity index (χ2n) is 5.38. The van der Waals surface area contributed by atoms with E-state index in [1.165, 1.54) is 31.4 Å². The van der Waals surface area contributed by atoms with Crippen LogP contribution in [0.4, 0.5) is 5.69 Å². The molecule has 0 spiro atoms. The molecular formula is C14H24N4. The Kier molecular flexibility index (Phi) is 4.53. The molecule has 0 saturated heterocycles. The van der Waals surface area contributed by atoms with Gasteiger partial charge in [0.1, 0.15) is 5.82 Å². The molecule has 1 heterocycles. The van der Waals surface area contributed by atoms with E-state index in [1.807, 2.05) is 6.20 Å². The van der Waals surface area contributed by atoms with E-state index in [4.69, 9.17) is 10.7 Å². The molecule has 0 aliphatic heterocycles. The Balaban J connectivity index is 2.26. The van der Waals surface area contributed by atoms with E-state index < -0.39 is 0 Å². The minimum absolute atomic E-state index is 0.383. The molecular weight excluding hydrogens is 224 g/mol. The van der Waals surface area contributed by atoms with Gasteiger partial charge in [0.15, 0.2) is 0 Å². The lowest BCUT2D eigenvalue weighted by Crippen LogP contribution is -2.16. The van der Waals surface area contributed by atoms with Gasteiger partial charge in [-0.2, -0.15) is 0 Å². The number of hydrogen-bond donors (Lipinski definition) is 2. The van der Waals surface area contributed by atoms with Crippen LogP contribution in [0.25, 0.3) is 0 Å². The van der Waals surface area contributed by atoms with E-state index in [1.54, 1.807) is 0 Å². The Morgan fingerprint density at radius 2 is 2.11 bits per heavy atom. The maximum Gasteiger partial charge on any atom is 0.131 e. The van der Waals surface area contributed by atoms with Gasteiger partial charge >= 0.3 is 0 Å². The van der Waals surface area contributed by atoms with Gasteiger partial charge in [0, 0.05) is 24.9 Å². The highest BCUT2D eigenvalue weighted by Crippen LogP contribution is 2.36. The fourth-order valence-corrected chi connectivity index (χ4v) is 2.54. The number of nitrogens with zero attached hydrogens (tertiary/aromatic N) is 2. The molecule has 1 aromatic heterocycles. The Morgan fingerprint density at radius 3 is 2.72 bits per heavy atom. The third kappa shape index (κ3) is 2.99. The summed E-state index contributed by atoms with van der Waals surface area (Å²) in [5, 5.41) is 3.36. The largest absolute Gasteiger partial charge is 0.381 e. The monoisotopic (exact) mass is 248 g/mol. The predicted molar refractivity (Wildman–Crippen MR) is 74.9 cm³/mol. The molecule has 0 bridgehead atoms. The highest BCUT2D eigenvalue weighted by molar-refractivity contribution is 5.48. The quantitative estimate of drug-likeness (QED) is 0.840. The molecule has 1 aliphatic rings. The number of nitrogens with two attached hydrogens (primary N) is 1. The molecule has 0 radical (unpaired) electrons. The fraction of sp³-hybridized carbons (Fsp3) is 0.714. The minimum atomic E-state index is 0.383. The molecule has 100 valence electrons. The van der Waals surface area contributed by atoms with Gasteiger partial charge in [0.05, 0.1) is 17.6 Å². The summed E-state index contributed by atoms with van der Waals surface area (Å²) in [6.07, 6.45) is 7.09. The summed E-state index contributed by atoms with van der Waals surface area (Å²) in [6, 6.07) is 0. The first kappa shape index (κ1) is 13.3. The summed E-state index contributed by atoms with van der Waals surface area (Å²) in [7, 11) is 0. The summed E-state index contributed by atoms with van der Waals surface area (Å²) in [4.78, 5) is 9.24. The third-order valence-electron chi connectivity index (χ3n) is 3.55. The molecule has 0 amide bonds. The van der Waals surface area contributed by atoms with E-state index in [-0.39, 0.29) is 0 Å². The van der Waals surface area contributed by atoms with Gasteiger partial charge in [-0.1, -0.05) is 26.7 Å². The molecule has 18 heavy (non-hydrogen) atoms. The molecule has 1 saturated carbocycles. The van der Waals surface area contributed by atoms with Crippen molar-refractivity contribution in [2.45, 2.75) is 51.4 Å². The maximum absolute atomic E-state index is 5.55. The summed E-state index contributed by atoms with van der Waals surface area (Å²) in [5.74, 6) is 1.94. The fourth-order valence-electron chi connectivity index (χ4n) is 2.54. The lowest BCUT2D eigenvalue weighted by Gasteiger charge is -2.17. The first-order valence-electron chi connectivity index (χ1n) is 7.03. The Morgan fingerprint density at radius 1 is 1.39 bits per heavy atom. The van der Waals surface area contributed by atoms with Crippen molar-refractivity contribution in [2.75, 3.05) is 18.4 Å². The first-order valence-corrected chi connectivity index (χ1v) is 7.03. The summed E-state index contributed by atoms with van der Waals surface area (Å²) < 4.78 is 0. The van der Waals surface area contributed by atoms with Crippen molar-refractivity contribution in [3.05, 3.63) is 17.7 Å². The number of aromatic nitrogens is 2. The van der Waals surface area contributed by atoms with Crippen LogP contribution in [0.15, 0.2) is 6.20 Å². The summed E-state index contributed by atoms with van der Waals surface area (Å²) in [5.41, 5.74) is 7.84. The molecule has 1 aromatic rings. The van der Waals surface area contributed by atoms with Gasteiger partial charge in [0.2, 0.25) is 0 Å². The van der Waals surface area contributed by atoms with Crippen LogP contribution in [0, 0.1) is 0 Å².